The van der Waals surface area contributed by atoms with Crippen molar-refractivity contribution in [3.8, 4) is 0 Å². The molecule has 25 heavy (non-hydrogen) atoms. The van der Waals surface area contributed by atoms with Crippen LogP contribution in [0.2, 0.25) is 0 Å². The van der Waals surface area contributed by atoms with Crippen molar-refractivity contribution in [3.05, 3.63) is 74.6 Å². The van der Waals surface area contributed by atoms with Crippen molar-refractivity contribution in [1.82, 2.24) is 4.98 Å². The highest BCUT2D eigenvalue weighted by molar-refractivity contribution is 7.22. The van der Waals surface area contributed by atoms with Crippen molar-refractivity contribution in [2.24, 2.45) is 4.99 Å². The molecule has 0 aliphatic rings. The first kappa shape index (κ1) is 15.2. The lowest BCUT2D eigenvalue weighted by Gasteiger charge is -1.98. The molecule has 0 aliphatic heterocycles. The number of nitro benzene ring substituents is 1. The van der Waals surface area contributed by atoms with E-state index < -0.39 is 4.92 Å². The number of benzene rings is 2. The predicted molar refractivity (Wildman–Crippen MR) is 96.0 cm³/mol. The maximum atomic E-state index is 12.5. The van der Waals surface area contributed by atoms with E-state index in [0.29, 0.717) is 5.13 Å². The fourth-order valence-electron chi connectivity index (χ4n) is 2.38. The lowest BCUT2D eigenvalue weighted by atomic mass is 10.1. The van der Waals surface area contributed by atoms with Gasteiger partial charge < -0.3 is 4.42 Å². The average molecular weight is 351 g/mol. The molecule has 2 aromatic heterocycles. The molecular formula is C17H9N3O4S. The summed E-state index contributed by atoms with van der Waals surface area (Å²) in [6.07, 6.45) is 2.65. The van der Waals surface area contributed by atoms with Crippen LogP contribution in [0.1, 0.15) is 5.56 Å². The fourth-order valence-corrected chi connectivity index (χ4v) is 3.19. The van der Waals surface area contributed by atoms with Crippen molar-refractivity contribution in [1.29, 1.82) is 0 Å². The highest BCUT2D eigenvalue weighted by atomic mass is 32.1. The number of non-ortho nitro benzene ring substituents is 1. The third kappa shape index (κ3) is 2.79. The van der Waals surface area contributed by atoms with Crippen LogP contribution in [0, 0.1) is 10.1 Å². The molecule has 0 N–H and O–H groups in total. The smallest absolute Gasteiger partial charge is 0.270 e. The fraction of sp³-hybridized carbons (Fsp3) is 0. The summed E-state index contributed by atoms with van der Waals surface area (Å²) in [5.41, 5.74) is 0.774. The van der Waals surface area contributed by atoms with E-state index in [1.54, 1.807) is 0 Å². The Morgan fingerprint density at radius 1 is 1.24 bits per heavy atom. The summed E-state index contributed by atoms with van der Waals surface area (Å²) in [6, 6.07) is 11.5. The van der Waals surface area contributed by atoms with Crippen LogP contribution in [0.3, 0.4) is 0 Å². The van der Waals surface area contributed by atoms with E-state index in [9.17, 15) is 14.9 Å². The summed E-state index contributed by atoms with van der Waals surface area (Å²) < 4.78 is 6.37. The van der Waals surface area contributed by atoms with Gasteiger partial charge in [-0.25, -0.2) is 9.98 Å². The molecule has 8 heteroatoms. The van der Waals surface area contributed by atoms with E-state index in [2.05, 4.69) is 9.98 Å². The van der Waals surface area contributed by atoms with Gasteiger partial charge in [0.25, 0.3) is 5.69 Å². The number of hydrogen-bond donors (Lipinski definition) is 0. The molecule has 122 valence electrons. The minimum atomic E-state index is -0.555. The number of aromatic nitrogens is 1. The lowest BCUT2D eigenvalue weighted by molar-refractivity contribution is -0.384. The monoisotopic (exact) mass is 351 g/mol. The third-order valence-electron chi connectivity index (χ3n) is 3.59. The van der Waals surface area contributed by atoms with Gasteiger partial charge in [0.05, 0.1) is 26.1 Å². The van der Waals surface area contributed by atoms with Gasteiger partial charge in [0.2, 0.25) is 10.6 Å². The first-order valence-electron chi connectivity index (χ1n) is 7.21. The van der Waals surface area contributed by atoms with Crippen LogP contribution in [-0.4, -0.2) is 16.1 Å². The van der Waals surface area contributed by atoms with Gasteiger partial charge in [0, 0.05) is 18.3 Å². The Labute approximate surface area is 144 Å². The number of fused-ring (bicyclic) bond motifs is 2. The Bertz CT molecular complexity index is 1180. The normalized spacial score (nSPS) is 11.5. The van der Waals surface area contributed by atoms with Crippen LogP contribution >= 0.6 is 11.3 Å². The van der Waals surface area contributed by atoms with Crippen LogP contribution in [0.25, 0.3) is 21.2 Å². The van der Waals surface area contributed by atoms with E-state index in [1.807, 2.05) is 24.3 Å². The summed E-state index contributed by atoms with van der Waals surface area (Å²) in [7, 11) is 0. The minimum Gasteiger partial charge on any atom is -0.463 e. The molecule has 0 aliphatic carbocycles. The van der Waals surface area contributed by atoms with Crippen LogP contribution in [0.15, 0.2) is 62.9 Å². The Hall–Kier alpha value is -3.39. The largest absolute Gasteiger partial charge is 0.463 e. The molecule has 0 atom stereocenters. The molecule has 4 aromatic rings. The SMILES string of the molecule is O=c1c(C=Nc2nc3ccccc3s2)coc2ccc([N+](=O)[O-])cc12. The molecule has 0 unspecified atom stereocenters. The first-order chi connectivity index (χ1) is 12.1. The molecule has 0 bridgehead atoms. The predicted octanol–water partition coefficient (Wildman–Crippen LogP) is 4.06. The van der Waals surface area contributed by atoms with Gasteiger partial charge in [-0.3, -0.25) is 14.9 Å². The Balaban J connectivity index is 1.76. The lowest BCUT2D eigenvalue weighted by Crippen LogP contribution is -2.08. The van der Waals surface area contributed by atoms with Gasteiger partial charge in [-0.05, 0) is 18.2 Å². The van der Waals surface area contributed by atoms with Crippen molar-refractivity contribution >= 4 is 49.6 Å². The Morgan fingerprint density at radius 3 is 2.88 bits per heavy atom. The zero-order valence-electron chi connectivity index (χ0n) is 12.6. The number of thiazole rings is 1. The van der Waals surface area contributed by atoms with E-state index in [-0.39, 0.29) is 27.6 Å². The van der Waals surface area contributed by atoms with E-state index in [0.717, 1.165) is 10.2 Å². The van der Waals surface area contributed by atoms with Gasteiger partial charge in [-0.1, -0.05) is 23.5 Å². The van der Waals surface area contributed by atoms with Crippen molar-refractivity contribution < 1.29 is 9.34 Å². The third-order valence-corrected chi connectivity index (χ3v) is 4.53. The first-order valence-corrected chi connectivity index (χ1v) is 8.03. The van der Waals surface area contributed by atoms with Crippen molar-refractivity contribution in [2.45, 2.75) is 0 Å². The van der Waals surface area contributed by atoms with Crippen LogP contribution < -0.4 is 5.43 Å². The van der Waals surface area contributed by atoms with Gasteiger partial charge in [0.15, 0.2) is 0 Å². The standard InChI is InChI=1S/C17H9N3O4S/c21-16-10(8-18-17-19-13-3-1-2-4-15(13)25-17)9-24-14-6-5-11(20(22)23)7-12(14)16/h1-9H. The topological polar surface area (TPSA) is 98.6 Å². The van der Waals surface area contributed by atoms with Crippen LogP contribution in [0.4, 0.5) is 10.8 Å². The van der Waals surface area contributed by atoms with Crippen molar-refractivity contribution in [3.63, 3.8) is 0 Å². The Kier molecular flexibility index (Phi) is 3.58. The second-order valence-corrected chi connectivity index (χ2v) is 6.19. The Morgan fingerprint density at radius 2 is 2.08 bits per heavy atom. The number of hydrogen-bond acceptors (Lipinski definition) is 7. The number of para-hydroxylation sites is 1. The highest BCUT2D eigenvalue weighted by Crippen LogP contribution is 2.27. The van der Waals surface area contributed by atoms with Crippen molar-refractivity contribution in [2.75, 3.05) is 0 Å². The number of nitrogens with zero attached hydrogens (tertiary/aromatic N) is 3. The average Bonchev–Trinajstić information content (AvgIpc) is 3.04. The minimum absolute atomic E-state index is 0.141. The second kappa shape index (κ2) is 5.91. The molecule has 0 fully saturated rings. The summed E-state index contributed by atoms with van der Waals surface area (Å²) in [6.45, 7) is 0. The summed E-state index contributed by atoms with van der Waals surface area (Å²) in [5, 5.41) is 11.5. The van der Waals surface area contributed by atoms with E-state index in [1.165, 1.54) is 42.0 Å². The maximum Gasteiger partial charge on any atom is 0.270 e. The zero-order valence-corrected chi connectivity index (χ0v) is 13.4. The number of rotatable bonds is 3. The molecule has 0 amide bonds. The van der Waals surface area contributed by atoms with Gasteiger partial charge in [0.1, 0.15) is 11.8 Å². The summed E-state index contributed by atoms with van der Waals surface area (Å²) >= 11 is 1.40. The van der Waals surface area contributed by atoms with Crippen LogP contribution in [0.5, 0.6) is 0 Å². The quantitative estimate of drug-likeness (QED) is 0.315. The molecule has 0 saturated carbocycles. The zero-order chi connectivity index (χ0) is 17.4. The van der Waals surface area contributed by atoms with Crippen LogP contribution in [-0.2, 0) is 0 Å². The molecule has 0 radical (unpaired) electrons. The summed E-state index contributed by atoms with van der Waals surface area (Å²) in [5.74, 6) is 0. The van der Waals surface area contributed by atoms with E-state index >= 15 is 0 Å². The molecule has 2 aromatic carbocycles. The van der Waals surface area contributed by atoms with Gasteiger partial charge >= 0.3 is 0 Å². The van der Waals surface area contributed by atoms with Gasteiger partial charge in [-0.2, -0.15) is 0 Å². The molecular weight excluding hydrogens is 342 g/mol. The van der Waals surface area contributed by atoms with E-state index in [4.69, 9.17) is 4.42 Å². The van der Waals surface area contributed by atoms with Gasteiger partial charge in [-0.15, -0.1) is 0 Å². The maximum absolute atomic E-state index is 12.5. The highest BCUT2D eigenvalue weighted by Gasteiger charge is 2.11. The number of nitro groups is 1. The molecule has 0 spiro atoms. The number of aliphatic imine (C=N–C) groups is 1. The summed E-state index contributed by atoms with van der Waals surface area (Å²) in [4.78, 5) is 31.4. The second-order valence-electron chi connectivity index (χ2n) is 5.18. The molecule has 7 nitrogen and oxygen atoms in total. The molecule has 4 rings (SSSR count). The molecule has 0 saturated heterocycles. The molecule has 2 heterocycles.